The third kappa shape index (κ3) is 9.42. The van der Waals surface area contributed by atoms with Crippen LogP contribution in [0.4, 0.5) is 0 Å². The van der Waals surface area contributed by atoms with Gasteiger partial charge < -0.3 is 20.5 Å². The van der Waals surface area contributed by atoms with Crippen molar-refractivity contribution in [2.45, 2.75) is 25.8 Å². The van der Waals surface area contributed by atoms with Gasteiger partial charge in [0.15, 0.2) is 0 Å². The summed E-state index contributed by atoms with van der Waals surface area (Å²) in [7, 11) is 1.59. The molecule has 0 saturated carbocycles. The van der Waals surface area contributed by atoms with E-state index in [0.717, 1.165) is 0 Å². The van der Waals surface area contributed by atoms with Gasteiger partial charge in [0.2, 0.25) is 5.91 Å². The number of amides is 1. The molecule has 0 aliphatic carbocycles. The largest absolute Gasteiger partial charge is 0.481 e. The van der Waals surface area contributed by atoms with Crippen molar-refractivity contribution >= 4 is 11.9 Å². The number of rotatable bonds is 9. The monoisotopic (exact) mass is 232 g/mol. The fourth-order valence-corrected chi connectivity index (χ4v) is 1.11. The topological polar surface area (TPSA) is 87.7 Å². The number of hydrogen-bond donors (Lipinski definition) is 3. The van der Waals surface area contributed by atoms with Gasteiger partial charge in [0, 0.05) is 26.1 Å². The van der Waals surface area contributed by atoms with Crippen LogP contribution in [0.2, 0.25) is 0 Å². The Kier molecular flexibility index (Phi) is 8.46. The summed E-state index contributed by atoms with van der Waals surface area (Å²) >= 11 is 0. The van der Waals surface area contributed by atoms with Crippen LogP contribution in [0.3, 0.4) is 0 Å². The highest BCUT2D eigenvalue weighted by Crippen LogP contribution is 1.95. The average Bonchev–Trinajstić information content (AvgIpc) is 2.21. The molecule has 1 amide bonds. The number of carbonyl (C=O) groups is 2. The predicted octanol–water partition coefficient (Wildman–Crippen LogP) is -0.408. The Morgan fingerprint density at radius 1 is 1.44 bits per heavy atom. The maximum atomic E-state index is 11.3. The Balaban J connectivity index is 3.50. The summed E-state index contributed by atoms with van der Waals surface area (Å²) in [6.45, 7) is 3.19. The summed E-state index contributed by atoms with van der Waals surface area (Å²) in [6.07, 6.45) is 0.512. The SMILES string of the molecule is COCCNCC(=O)NC(C)CCC(=O)O. The van der Waals surface area contributed by atoms with Crippen LogP contribution in [0, 0.1) is 0 Å². The summed E-state index contributed by atoms with van der Waals surface area (Å²) in [6, 6.07) is -0.118. The molecule has 0 saturated heterocycles. The van der Waals surface area contributed by atoms with E-state index >= 15 is 0 Å². The molecular formula is C10H20N2O4. The van der Waals surface area contributed by atoms with Crippen molar-refractivity contribution in [1.82, 2.24) is 10.6 Å². The molecule has 0 fully saturated rings. The summed E-state index contributed by atoms with van der Waals surface area (Å²) in [4.78, 5) is 21.6. The molecule has 0 aromatic rings. The lowest BCUT2D eigenvalue weighted by Gasteiger charge is -2.12. The van der Waals surface area contributed by atoms with Crippen molar-refractivity contribution in [2.75, 3.05) is 26.8 Å². The quantitative estimate of drug-likeness (QED) is 0.470. The van der Waals surface area contributed by atoms with Crippen molar-refractivity contribution in [3.8, 4) is 0 Å². The van der Waals surface area contributed by atoms with Crippen molar-refractivity contribution in [3.05, 3.63) is 0 Å². The smallest absolute Gasteiger partial charge is 0.303 e. The Bertz CT molecular complexity index is 221. The lowest BCUT2D eigenvalue weighted by atomic mass is 10.2. The second-order valence-electron chi connectivity index (χ2n) is 3.57. The molecule has 0 rings (SSSR count). The molecule has 1 unspecified atom stereocenters. The Labute approximate surface area is 95.4 Å². The van der Waals surface area contributed by atoms with Crippen LogP contribution in [0.1, 0.15) is 19.8 Å². The molecule has 0 aromatic carbocycles. The third-order valence-corrected chi connectivity index (χ3v) is 1.97. The Morgan fingerprint density at radius 3 is 2.69 bits per heavy atom. The minimum Gasteiger partial charge on any atom is -0.481 e. The zero-order chi connectivity index (χ0) is 12.4. The van der Waals surface area contributed by atoms with Gasteiger partial charge in [-0.05, 0) is 13.3 Å². The van der Waals surface area contributed by atoms with Crippen molar-refractivity contribution < 1.29 is 19.4 Å². The van der Waals surface area contributed by atoms with Gasteiger partial charge in [-0.15, -0.1) is 0 Å². The van der Waals surface area contributed by atoms with Crippen LogP contribution < -0.4 is 10.6 Å². The van der Waals surface area contributed by atoms with Crippen LogP contribution in [-0.4, -0.2) is 49.8 Å². The van der Waals surface area contributed by atoms with E-state index in [9.17, 15) is 9.59 Å². The zero-order valence-electron chi connectivity index (χ0n) is 9.78. The molecule has 0 aliphatic rings. The molecule has 3 N–H and O–H groups in total. The number of ether oxygens (including phenoxy) is 1. The second kappa shape index (κ2) is 9.11. The molecule has 0 aromatic heterocycles. The van der Waals surface area contributed by atoms with Crippen LogP contribution >= 0.6 is 0 Å². The zero-order valence-corrected chi connectivity index (χ0v) is 9.78. The summed E-state index contributed by atoms with van der Waals surface area (Å²) in [5.41, 5.74) is 0. The fraction of sp³-hybridized carbons (Fsp3) is 0.800. The normalized spacial score (nSPS) is 12.1. The van der Waals surface area contributed by atoms with Crippen molar-refractivity contribution in [2.24, 2.45) is 0 Å². The van der Waals surface area contributed by atoms with E-state index in [2.05, 4.69) is 10.6 Å². The van der Waals surface area contributed by atoms with Crippen LogP contribution in [0.25, 0.3) is 0 Å². The number of methoxy groups -OCH3 is 1. The van der Waals surface area contributed by atoms with Crippen molar-refractivity contribution in [1.29, 1.82) is 0 Å². The molecule has 0 aliphatic heterocycles. The molecule has 0 radical (unpaired) electrons. The van der Waals surface area contributed by atoms with E-state index in [1.54, 1.807) is 14.0 Å². The van der Waals surface area contributed by atoms with E-state index in [1.807, 2.05) is 0 Å². The number of nitrogens with one attached hydrogen (secondary N) is 2. The second-order valence-corrected chi connectivity index (χ2v) is 3.57. The Morgan fingerprint density at radius 2 is 2.12 bits per heavy atom. The molecule has 0 spiro atoms. The molecule has 1 atom stereocenters. The van der Waals surface area contributed by atoms with Gasteiger partial charge in [0.05, 0.1) is 13.2 Å². The van der Waals surface area contributed by atoms with E-state index in [1.165, 1.54) is 0 Å². The first-order valence-corrected chi connectivity index (χ1v) is 5.27. The number of carboxylic acid groups (broad SMARTS) is 1. The first-order valence-electron chi connectivity index (χ1n) is 5.27. The van der Waals surface area contributed by atoms with Crippen LogP contribution in [-0.2, 0) is 14.3 Å². The van der Waals surface area contributed by atoms with Gasteiger partial charge in [-0.2, -0.15) is 0 Å². The van der Waals surface area contributed by atoms with E-state index in [0.29, 0.717) is 19.6 Å². The summed E-state index contributed by atoms with van der Waals surface area (Å²) in [5, 5.41) is 14.1. The van der Waals surface area contributed by atoms with Gasteiger partial charge in [-0.25, -0.2) is 0 Å². The highest BCUT2D eigenvalue weighted by atomic mass is 16.5. The van der Waals surface area contributed by atoms with Gasteiger partial charge in [0.1, 0.15) is 0 Å². The van der Waals surface area contributed by atoms with Crippen LogP contribution in [0.15, 0.2) is 0 Å². The van der Waals surface area contributed by atoms with Crippen molar-refractivity contribution in [3.63, 3.8) is 0 Å². The van der Waals surface area contributed by atoms with E-state index in [-0.39, 0.29) is 24.9 Å². The molecule has 6 heteroatoms. The standard InChI is InChI=1S/C10H20N2O4/c1-8(3-4-10(14)15)12-9(13)7-11-5-6-16-2/h8,11H,3-7H2,1-2H3,(H,12,13)(H,14,15). The molecule has 0 bridgehead atoms. The van der Waals surface area contributed by atoms with Gasteiger partial charge in [0.25, 0.3) is 0 Å². The summed E-state index contributed by atoms with van der Waals surface area (Å²) in [5.74, 6) is -0.978. The number of aliphatic carboxylic acids is 1. The van der Waals surface area contributed by atoms with E-state index in [4.69, 9.17) is 9.84 Å². The average molecular weight is 232 g/mol. The summed E-state index contributed by atoms with van der Waals surface area (Å²) < 4.78 is 4.81. The highest BCUT2D eigenvalue weighted by molar-refractivity contribution is 5.78. The lowest BCUT2D eigenvalue weighted by Crippen LogP contribution is -2.39. The van der Waals surface area contributed by atoms with Crippen LogP contribution in [0.5, 0.6) is 0 Å². The molecular weight excluding hydrogens is 212 g/mol. The van der Waals surface area contributed by atoms with Gasteiger partial charge >= 0.3 is 5.97 Å². The molecule has 0 heterocycles. The Hall–Kier alpha value is -1.14. The molecule has 6 nitrogen and oxygen atoms in total. The molecule has 16 heavy (non-hydrogen) atoms. The molecule has 94 valence electrons. The minimum atomic E-state index is -0.848. The maximum Gasteiger partial charge on any atom is 0.303 e. The lowest BCUT2D eigenvalue weighted by molar-refractivity contribution is -0.137. The number of hydrogen-bond acceptors (Lipinski definition) is 4. The first-order chi connectivity index (χ1) is 7.56. The third-order valence-electron chi connectivity index (χ3n) is 1.97. The van der Waals surface area contributed by atoms with Gasteiger partial charge in [-0.1, -0.05) is 0 Å². The predicted molar refractivity (Wildman–Crippen MR) is 59.2 cm³/mol. The van der Waals surface area contributed by atoms with Gasteiger partial charge in [-0.3, -0.25) is 9.59 Å². The highest BCUT2D eigenvalue weighted by Gasteiger charge is 2.08. The minimum absolute atomic E-state index is 0.0680. The number of carboxylic acids is 1. The number of carbonyl (C=O) groups excluding carboxylic acids is 1. The first kappa shape index (κ1) is 14.9. The van der Waals surface area contributed by atoms with E-state index < -0.39 is 5.97 Å². The maximum absolute atomic E-state index is 11.3. The fourth-order valence-electron chi connectivity index (χ4n) is 1.11.